The van der Waals surface area contributed by atoms with Crippen molar-refractivity contribution in [1.29, 1.82) is 5.41 Å². The van der Waals surface area contributed by atoms with Crippen molar-refractivity contribution in [2.24, 2.45) is 5.92 Å². The van der Waals surface area contributed by atoms with Crippen LogP contribution in [0, 0.1) is 11.3 Å². The molecule has 2 N–H and O–H groups in total. The predicted octanol–water partition coefficient (Wildman–Crippen LogP) is 1.51. The average Bonchev–Trinajstić information content (AvgIpc) is 2.11. The van der Waals surface area contributed by atoms with Crippen molar-refractivity contribution in [1.82, 2.24) is 5.32 Å². The summed E-state index contributed by atoms with van der Waals surface area (Å²) in [6.45, 7) is 9.00. The lowest BCUT2D eigenvalue weighted by Crippen LogP contribution is -2.47. The summed E-state index contributed by atoms with van der Waals surface area (Å²) in [6, 6.07) is -0.665. The van der Waals surface area contributed by atoms with Crippen molar-refractivity contribution in [2.75, 3.05) is 0 Å². The summed E-state index contributed by atoms with van der Waals surface area (Å²) in [5.74, 6) is -0.838. The molecule has 1 atom stereocenters. The molecule has 0 saturated heterocycles. The summed E-state index contributed by atoms with van der Waals surface area (Å²) in [5, 5.41) is 9.41. The quantitative estimate of drug-likeness (QED) is 0.566. The Labute approximate surface area is 102 Å². The van der Waals surface area contributed by atoms with E-state index in [9.17, 15) is 9.59 Å². The lowest BCUT2D eigenvalue weighted by Gasteiger charge is -2.26. The summed E-state index contributed by atoms with van der Waals surface area (Å²) in [5.41, 5.74) is -0.573. The molecule has 0 aromatic heterocycles. The van der Waals surface area contributed by atoms with Crippen LogP contribution in [-0.4, -0.2) is 29.7 Å². The first-order valence-corrected chi connectivity index (χ1v) is 5.68. The first-order valence-electron chi connectivity index (χ1n) is 5.68. The van der Waals surface area contributed by atoms with Crippen LogP contribution in [0.1, 0.15) is 41.0 Å². The molecule has 1 amide bonds. The molecule has 5 nitrogen and oxygen atoms in total. The Kier molecular flexibility index (Phi) is 5.85. The third-order valence-corrected chi connectivity index (χ3v) is 1.93. The predicted molar refractivity (Wildman–Crippen MR) is 66.0 cm³/mol. The lowest BCUT2D eigenvalue weighted by atomic mass is 10.0. The molecular weight excluding hydrogens is 220 g/mol. The van der Waals surface area contributed by atoms with E-state index in [2.05, 4.69) is 5.32 Å². The molecule has 0 aromatic rings. The molecule has 0 aliphatic heterocycles. The molecule has 5 heteroatoms. The standard InChI is InChI=1S/C12H22N2O3/c1-8(2)10(14-9(15)6-7-13)11(16)17-12(3,4)5/h7-8,10,13H,6H2,1-5H3,(H,14,15). The number of carbonyl (C=O) groups excluding carboxylic acids is 2. The summed E-state index contributed by atoms with van der Waals surface area (Å²) in [4.78, 5) is 23.2. The average molecular weight is 242 g/mol. The molecule has 0 spiro atoms. The minimum Gasteiger partial charge on any atom is -0.458 e. The molecule has 0 aliphatic rings. The highest BCUT2D eigenvalue weighted by atomic mass is 16.6. The van der Waals surface area contributed by atoms with Crippen LogP contribution in [0.3, 0.4) is 0 Å². The largest absolute Gasteiger partial charge is 0.458 e. The van der Waals surface area contributed by atoms with E-state index in [1.165, 1.54) is 0 Å². The number of carbonyl (C=O) groups is 2. The Hall–Kier alpha value is -1.39. The topological polar surface area (TPSA) is 79.3 Å². The van der Waals surface area contributed by atoms with Gasteiger partial charge in [0.15, 0.2) is 0 Å². The monoisotopic (exact) mass is 242 g/mol. The first-order chi connectivity index (χ1) is 7.67. The fourth-order valence-electron chi connectivity index (χ4n) is 1.19. The molecule has 17 heavy (non-hydrogen) atoms. The maximum Gasteiger partial charge on any atom is 0.329 e. The molecule has 0 rings (SSSR count). The third kappa shape index (κ3) is 6.71. The van der Waals surface area contributed by atoms with Gasteiger partial charge in [0, 0.05) is 6.21 Å². The minimum absolute atomic E-state index is 0.0218. The number of hydrogen-bond acceptors (Lipinski definition) is 4. The highest BCUT2D eigenvalue weighted by molar-refractivity contribution is 5.92. The van der Waals surface area contributed by atoms with Crippen LogP contribution < -0.4 is 5.32 Å². The molecule has 0 bridgehead atoms. The van der Waals surface area contributed by atoms with Crippen molar-refractivity contribution in [3.8, 4) is 0 Å². The maximum atomic E-state index is 11.8. The molecule has 0 saturated carbocycles. The Balaban J connectivity index is 4.58. The zero-order valence-electron chi connectivity index (χ0n) is 11.2. The van der Waals surface area contributed by atoms with Crippen LogP contribution in [-0.2, 0) is 14.3 Å². The van der Waals surface area contributed by atoms with Gasteiger partial charge in [-0.3, -0.25) is 4.79 Å². The van der Waals surface area contributed by atoms with Gasteiger partial charge in [-0.15, -0.1) is 0 Å². The smallest absolute Gasteiger partial charge is 0.329 e. The zero-order chi connectivity index (χ0) is 13.6. The number of rotatable bonds is 5. The fourth-order valence-corrected chi connectivity index (χ4v) is 1.19. The molecule has 1 unspecified atom stereocenters. The molecule has 0 radical (unpaired) electrons. The fraction of sp³-hybridized carbons (Fsp3) is 0.750. The van der Waals surface area contributed by atoms with E-state index in [1.54, 1.807) is 20.8 Å². The molecule has 0 fully saturated rings. The van der Waals surface area contributed by atoms with Crippen LogP contribution in [0.25, 0.3) is 0 Å². The SMILES string of the molecule is CC(C)C(NC(=O)CC=N)C(=O)OC(C)(C)C. The van der Waals surface area contributed by atoms with Crippen molar-refractivity contribution in [2.45, 2.75) is 52.7 Å². The summed E-state index contributed by atoms with van der Waals surface area (Å²) in [7, 11) is 0. The molecule has 0 aromatic carbocycles. The lowest BCUT2D eigenvalue weighted by molar-refractivity contribution is -0.159. The van der Waals surface area contributed by atoms with Crippen molar-refractivity contribution >= 4 is 18.1 Å². The van der Waals surface area contributed by atoms with Gasteiger partial charge in [-0.25, -0.2) is 4.79 Å². The molecular formula is C12H22N2O3. The Morgan fingerprint density at radius 2 is 1.88 bits per heavy atom. The van der Waals surface area contributed by atoms with Crippen molar-refractivity contribution in [3.63, 3.8) is 0 Å². The number of esters is 1. The van der Waals surface area contributed by atoms with Crippen molar-refractivity contribution < 1.29 is 14.3 Å². The van der Waals surface area contributed by atoms with E-state index in [0.717, 1.165) is 6.21 Å². The van der Waals surface area contributed by atoms with Crippen LogP contribution in [0.15, 0.2) is 0 Å². The second-order valence-corrected chi connectivity index (χ2v) is 5.23. The molecule has 0 aliphatic carbocycles. The minimum atomic E-state index is -0.665. The number of hydrogen-bond donors (Lipinski definition) is 2. The van der Waals surface area contributed by atoms with Gasteiger partial charge >= 0.3 is 5.97 Å². The van der Waals surface area contributed by atoms with E-state index < -0.39 is 17.6 Å². The normalized spacial score (nSPS) is 13.1. The van der Waals surface area contributed by atoms with E-state index in [4.69, 9.17) is 10.1 Å². The number of ether oxygens (including phenoxy) is 1. The van der Waals surface area contributed by atoms with Gasteiger partial charge in [0.05, 0.1) is 6.42 Å². The second-order valence-electron chi connectivity index (χ2n) is 5.23. The number of amides is 1. The van der Waals surface area contributed by atoms with Crippen LogP contribution in [0.2, 0.25) is 0 Å². The second kappa shape index (κ2) is 6.37. The van der Waals surface area contributed by atoms with E-state index in [1.807, 2.05) is 13.8 Å². The van der Waals surface area contributed by atoms with Gasteiger partial charge in [-0.1, -0.05) is 13.8 Å². The van der Waals surface area contributed by atoms with Gasteiger partial charge in [-0.05, 0) is 26.7 Å². The van der Waals surface area contributed by atoms with Crippen LogP contribution >= 0.6 is 0 Å². The highest BCUT2D eigenvalue weighted by Crippen LogP contribution is 2.12. The zero-order valence-corrected chi connectivity index (χ0v) is 11.2. The maximum absolute atomic E-state index is 11.8. The van der Waals surface area contributed by atoms with Gasteiger partial charge in [0.1, 0.15) is 11.6 Å². The highest BCUT2D eigenvalue weighted by Gasteiger charge is 2.28. The van der Waals surface area contributed by atoms with E-state index in [0.29, 0.717) is 0 Å². The van der Waals surface area contributed by atoms with E-state index in [-0.39, 0.29) is 18.2 Å². The summed E-state index contributed by atoms with van der Waals surface area (Å²) >= 11 is 0. The Morgan fingerprint density at radius 3 is 2.24 bits per heavy atom. The Morgan fingerprint density at radius 1 is 1.35 bits per heavy atom. The third-order valence-electron chi connectivity index (χ3n) is 1.93. The van der Waals surface area contributed by atoms with Gasteiger partial charge in [0.25, 0.3) is 0 Å². The van der Waals surface area contributed by atoms with Gasteiger partial charge in [-0.2, -0.15) is 0 Å². The molecule has 98 valence electrons. The van der Waals surface area contributed by atoms with Crippen LogP contribution in [0.5, 0.6) is 0 Å². The van der Waals surface area contributed by atoms with Gasteiger partial charge < -0.3 is 15.5 Å². The molecule has 0 heterocycles. The first kappa shape index (κ1) is 15.6. The van der Waals surface area contributed by atoms with Crippen LogP contribution in [0.4, 0.5) is 0 Å². The van der Waals surface area contributed by atoms with E-state index >= 15 is 0 Å². The van der Waals surface area contributed by atoms with Crippen molar-refractivity contribution in [3.05, 3.63) is 0 Å². The summed E-state index contributed by atoms with van der Waals surface area (Å²) < 4.78 is 5.23. The Bertz CT molecular complexity index is 293. The van der Waals surface area contributed by atoms with Gasteiger partial charge in [0.2, 0.25) is 5.91 Å². The number of nitrogens with one attached hydrogen (secondary N) is 2. The summed E-state index contributed by atoms with van der Waals surface area (Å²) in [6.07, 6.45) is 0.980.